The molecule has 13 nitrogen and oxygen atoms in total. The SMILES string of the molecule is O[C@@H]1[C@H](O)[C@@H](c2nc(-c3cncs3)no2)O[C@H]1n1cnc2c(NC3CCOCC3)ncnc21. The number of hydrogen-bond acceptors (Lipinski definition) is 13. The number of nitrogens with zero attached hydrogens (tertiary/aromatic N) is 7. The maximum Gasteiger partial charge on any atom is 0.259 e. The lowest BCUT2D eigenvalue weighted by Gasteiger charge is -2.23. The van der Waals surface area contributed by atoms with Crippen molar-refractivity contribution in [3.63, 3.8) is 0 Å². The second-order valence-corrected chi connectivity index (χ2v) is 8.71. The van der Waals surface area contributed by atoms with Crippen LogP contribution in [-0.4, -0.2) is 76.3 Å². The topological polar surface area (TPSA) is 166 Å². The summed E-state index contributed by atoms with van der Waals surface area (Å²) in [4.78, 5) is 22.1. The Morgan fingerprint density at radius 2 is 2.00 bits per heavy atom. The van der Waals surface area contributed by atoms with E-state index in [9.17, 15) is 10.2 Å². The second kappa shape index (κ2) is 8.39. The fraction of sp³-hybridized carbons (Fsp3) is 0.474. The molecule has 2 aliphatic heterocycles. The molecule has 2 fully saturated rings. The van der Waals surface area contributed by atoms with E-state index in [1.807, 2.05) is 0 Å². The summed E-state index contributed by atoms with van der Waals surface area (Å²) in [6, 6.07) is 0.229. The lowest BCUT2D eigenvalue weighted by Crippen LogP contribution is -2.29. The quantitative estimate of drug-likeness (QED) is 0.376. The third-order valence-electron chi connectivity index (χ3n) is 5.77. The van der Waals surface area contributed by atoms with E-state index in [0.717, 1.165) is 17.7 Å². The zero-order valence-corrected chi connectivity index (χ0v) is 18.0. The maximum atomic E-state index is 10.7. The number of rotatable bonds is 5. The molecule has 0 unspecified atom stereocenters. The predicted octanol–water partition coefficient (Wildman–Crippen LogP) is 0.916. The number of fused-ring (bicyclic) bond motifs is 1. The van der Waals surface area contributed by atoms with E-state index in [-0.39, 0.29) is 11.9 Å². The van der Waals surface area contributed by atoms with Crippen LogP contribution in [0.3, 0.4) is 0 Å². The number of ether oxygens (including phenoxy) is 2. The Labute approximate surface area is 190 Å². The summed E-state index contributed by atoms with van der Waals surface area (Å²) in [6.07, 6.45) is 1.77. The van der Waals surface area contributed by atoms with Gasteiger partial charge in [-0.1, -0.05) is 5.16 Å². The summed E-state index contributed by atoms with van der Waals surface area (Å²) < 4.78 is 18.2. The standard InChI is InChI=1S/C19H20N8O5S/c28-12-13(29)19(31-14(12)18-25-15(26-32-18)10-5-20-8-33-10)27-7-23-11-16(21-6-22-17(11)27)24-9-1-3-30-4-2-9/h5-9,12-14,19,28-29H,1-4H2,(H,21,22,24)/t12-,13+,14-,19+/m0/s1. The molecule has 4 atom stereocenters. The van der Waals surface area contributed by atoms with Crippen LogP contribution in [0.2, 0.25) is 0 Å². The number of hydrogen-bond donors (Lipinski definition) is 3. The molecule has 0 saturated carbocycles. The van der Waals surface area contributed by atoms with Gasteiger partial charge in [0, 0.05) is 25.5 Å². The molecule has 6 heterocycles. The first kappa shape index (κ1) is 20.6. The fourth-order valence-electron chi connectivity index (χ4n) is 4.05. The number of aliphatic hydroxyl groups is 2. The largest absolute Gasteiger partial charge is 0.387 e. The molecule has 0 amide bonds. The third-order valence-corrected chi connectivity index (χ3v) is 6.54. The molecule has 3 N–H and O–H groups in total. The fourth-order valence-corrected chi connectivity index (χ4v) is 4.59. The molecule has 2 saturated heterocycles. The normalized spacial score (nSPS) is 26.2. The van der Waals surface area contributed by atoms with Crippen molar-refractivity contribution in [1.82, 2.24) is 34.6 Å². The summed E-state index contributed by atoms with van der Waals surface area (Å²) in [7, 11) is 0. The summed E-state index contributed by atoms with van der Waals surface area (Å²) in [5, 5.41) is 28.7. The van der Waals surface area contributed by atoms with Gasteiger partial charge in [0.25, 0.3) is 5.89 Å². The summed E-state index contributed by atoms with van der Waals surface area (Å²) >= 11 is 1.36. The van der Waals surface area contributed by atoms with Gasteiger partial charge in [0.1, 0.15) is 18.5 Å². The maximum absolute atomic E-state index is 10.7. The monoisotopic (exact) mass is 472 g/mol. The highest BCUT2D eigenvalue weighted by atomic mass is 32.1. The molecular formula is C19H20N8O5S. The molecule has 0 radical (unpaired) electrons. The first-order valence-corrected chi connectivity index (χ1v) is 11.3. The van der Waals surface area contributed by atoms with E-state index in [1.54, 1.807) is 16.3 Å². The van der Waals surface area contributed by atoms with Crippen LogP contribution in [0.1, 0.15) is 31.1 Å². The molecule has 4 aromatic rings. The highest BCUT2D eigenvalue weighted by Gasteiger charge is 2.47. The highest BCUT2D eigenvalue weighted by Crippen LogP contribution is 2.40. The minimum absolute atomic E-state index is 0.0633. The van der Waals surface area contributed by atoms with Gasteiger partial charge in [-0.2, -0.15) is 4.98 Å². The Balaban J connectivity index is 1.27. The first-order valence-electron chi connectivity index (χ1n) is 10.4. The second-order valence-electron chi connectivity index (χ2n) is 7.83. The number of anilines is 1. The van der Waals surface area contributed by atoms with Crippen LogP contribution in [0, 0.1) is 0 Å². The number of nitrogens with one attached hydrogen (secondary N) is 1. The van der Waals surface area contributed by atoms with Crippen molar-refractivity contribution in [2.45, 2.75) is 43.4 Å². The lowest BCUT2D eigenvalue weighted by molar-refractivity contribution is -0.0451. The van der Waals surface area contributed by atoms with Crippen molar-refractivity contribution in [3.05, 3.63) is 30.3 Å². The van der Waals surface area contributed by atoms with Crippen LogP contribution >= 0.6 is 11.3 Å². The van der Waals surface area contributed by atoms with E-state index < -0.39 is 24.5 Å². The smallest absolute Gasteiger partial charge is 0.259 e. The number of imidazole rings is 1. The van der Waals surface area contributed by atoms with Gasteiger partial charge in [-0.15, -0.1) is 11.3 Å². The Bertz CT molecular complexity index is 1240. The Hall–Kier alpha value is -3.04. The minimum Gasteiger partial charge on any atom is -0.387 e. The number of aliphatic hydroxyl groups excluding tert-OH is 2. The van der Waals surface area contributed by atoms with Crippen LogP contribution in [-0.2, 0) is 9.47 Å². The average Bonchev–Trinajstić information content (AvgIpc) is 3.62. The van der Waals surface area contributed by atoms with Crippen molar-refractivity contribution in [1.29, 1.82) is 0 Å². The van der Waals surface area contributed by atoms with Gasteiger partial charge in [-0.05, 0) is 12.8 Å². The van der Waals surface area contributed by atoms with Gasteiger partial charge in [0.2, 0.25) is 5.82 Å². The van der Waals surface area contributed by atoms with Crippen molar-refractivity contribution in [2.75, 3.05) is 18.5 Å². The molecule has 6 rings (SSSR count). The van der Waals surface area contributed by atoms with Crippen LogP contribution < -0.4 is 5.32 Å². The van der Waals surface area contributed by atoms with Crippen molar-refractivity contribution in [3.8, 4) is 10.7 Å². The molecule has 0 aromatic carbocycles. The van der Waals surface area contributed by atoms with Crippen LogP contribution in [0.15, 0.2) is 28.9 Å². The van der Waals surface area contributed by atoms with Gasteiger partial charge in [0.05, 0.1) is 16.7 Å². The van der Waals surface area contributed by atoms with E-state index in [1.165, 1.54) is 24.0 Å². The van der Waals surface area contributed by atoms with Crippen molar-refractivity contribution in [2.24, 2.45) is 0 Å². The Morgan fingerprint density at radius 1 is 1.12 bits per heavy atom. The summed E-state index contributed by atoms with van der Waals surface area (Å²) in [5.41, 5.74) is 2.67. The lowest BCUT2D eigenvalue weighted by atomic mass is 10.1. The van der Waals surface area contributed by atoms with E-state index in [0.29, 0.717) is 36.0 Å². The van der Waals surface area contributed by atoms with Crippen LogP contribution in [0.4, 0.5) is 5.82 Å². The van der Waals surface area contributed by atoms with E-state index in [2.05, 4.69) is 35.4 Å². The number of aromatic nitrogens is 7. The molecule has 4 aromatic heterocycles. The zero-order valence-electron chi connectivity index (χ0n) is 17.2. The zero-order chi connectivity index (χ0) is 22.4. The average molecular weight is 472 g/mol. The molecule has 14 heteroatoms. The first-order chi connectivity index (χ1) is 16.2. The highest BCUT2D eigenvalue weighted by molar-refractivity contribution is 7.13. The summed E-state index contributed by atoms with van der Waals surface area (Å²) in [6.45, 7) is 1.39. The van der Waals surface area contributed by atoms with Crippen LogP contribution in [0.25, 0.3) is 21.9 Å². The third kappa shape index (κ3) is 3.65. The molecular weight excluding hydrogens is 452 g/mol. The number of thiazole rings is 1. The molecule has 33 heavy (non-hydrogen) atoms. The minimum atomic E-state index is -1.29. The molecule has 0 aliphatic carbocycles. The van der Waals surface area contributed by atoms with Gasteiger partial charge >= 0.3 is 0 Å². The predicted molar refractivity (Wildman–Crippen MR) is 113 cm³/mol. The van der Waals surface area contributed by atoms with Crippen molar-refractivity contribution < 1.29 is 24.2 Å². The Kier molecular flexibility index (Phi) is 5.22. The molecule has 172 valence electrons. The van der Waals surface area contributed by atoms with Gasteiger partial charge in [0.15, 0.2) is 29.3 Å². The van der Waals surface area contributed by atoms with Crippen molar-refractivity contribution >= 4 is 28.3 Å². The van der Waals surface area contributed by atoms with Crippen LogP contribution in [0.5, 0.6) is 0 Å². The summed E-state index contributed by atoms with van der Waals surface area (Å²) in [5.74, 6) is 1.00. The molecule has 2 aliphatic rings. The van der Waals surface area contributed by atoms with Gasteiger partial charge in [-0.25, -0.2) is 15.0 Å². The van der Waals surface area contributed by atoms with Gasteiger partial charge in [-0.3, -0.25) is 9.55 Å². The Morgan fingerprint density at radius 3 is 2.82 bits per heavy atom. The van der Waals surface area contributed by atoms with Gasteiger partial charge < -0.3 is 29.5 Å². The molecule has 0 bridgehead atoms. The van der Waals surface area contributed by atoms with E-state index in [4.69, 9.17) is 14.0 Å². The van der Waals surface area contributed by atoms with E-state index >= 15 is 0 Å². The molecule has 0 spiro atoms.